The van der Waals surface area contributed by atoms with E-state index in [4.69, 9.17) is 18.6 Å². The number of aryl methyl sites for hydroxylation is 1. The highest BCUT2D eigenvalue weighted by Gasteiger charge is 2.12. The zero-order valence-electron chi connectivity index (χ0n) is 16.1. The Morgan fingerprint density at radius 3 is 2.71 bits per heavy atom. The smallest absolute Gasteiger partial charge is 0.344 e. The van der Waals surface area contributed by atoms with Crippen LogP contribution in [0.5, 0.6) is 17.2 Å². The van der Waals surface area contributed by atoms with E-state index in [0.717, 1.165) is 12.0 Å². The summed E-state index contributed by atoms with van der Waals surface area (Å²) in [5.41, 5.74) is 1.08. The van der Waals surface area contributed by atoms with Crippen molar-refractivity contribution >= 4 is 16.9 Å². The normalized spacial score (nSPS) is 11.8. The number of ether oxygens (including phenoxy) is 3. The summed E-state index contributed by atoms with van der Waals surface area (Å²) in [4.78, 5) is 24.4. The molecule has 146 valence electrons. The van der Waals surface area contributed by atoms with Crippen LogP contribution >= 0.6 is 0 Å². The molecule has 2 aromatic carbocycles. The Labute approximate surface area is 162 Å². The predicted molar refractivity (Wildman–Crippen MR) is 105 cm³/mol. The molecule has 1 heterocycles. The largest absolute Gasteiger partial charge is 0.482 e. The lowest BCUT2D eigenvalue weighted by atomic mass is 10.2. The van der Waals surface area contributed by atoms with E-state index in [9.17, 15) is 9.59 Å². The van der Waals surface area contributed by atoms with Crippen LogP contribution in [0.4, 0.5) is 0 Å². The molecule has 0 aliphatic heterocycles. The highest BCUT2D eigenvalue weighted by molar-refractivity contribution is 5.79. The van der Waals surface area contributed by atoms with Gasteiger partial charge in [-0.25, -0.2) is 4.79 Å². The van der Waals surface area contributed by atoms with Gasteiger partial charge in [0.15, 0.2) is 6.61 Å². The lowest BCUT2D eigenvalue weighted by Crippen LogP contribution is -2.20. The number of esters is 1. The highest BCUT2D eigenvalue weighted by Crippen LogP contribution is 2.24. The van der Waals surface area contributed by atoms with Gasteiger partial charge in [0.25, 0.3) is 0 Å². The van der Waals surface area contributed by atoms with Crippen molar-refractivity contribution in [3.05, 3.63) is 64.5 Å². The van der Waals surface area contributed by atoms with E-state index in [0.29, 0.717) is 22.5 Å². The van der Waals surface area contributed by atoms with Crippen molar-refractivity contribution in [2.24, 2.45) is 0 Å². The van der Waals surface area contributed by atoms with Gasteiger partial charge in [-0.3, -0.25) is 4.79 Å². The number of carbonyl (C=O) groups excluding carboxylic acids is 1. The second-order valence-corrected chi connectivity index (χ2v) is 6.50. The van der Waals surface area contributed by atoms with Crippen LogP contribution in [-0.2, 0) is 9.53 Å². The number of rotatable bonds is 7. The van der Waals surface area contributed by atoms with E-state index in [2.05, 4.69) is 0 Å². The molecule has 0 aliphatic rings. The van der Waals surface area contributed by atoms with Gasteiger partial charge in [0.05, 0.1) is 11.5 Å². The third-order valence-corrected chi connectivity index (χ3v) is 4.20. The molecule has 0 spiro atoms. The molecule has 0 N–H and O–H groups in total. The molecule has 28 heavy (non-hydrogen) atoms. The SMILES string of the molecule is CC[C@H](C)OC(=O)COc1ccc2c(=O)c(Oc3cccc(C)c3)coc2c1. The summed E-state index contributed by atoms with van der Waals surface area (Å²) in [7, 11) is 0. The topological polar surface area (TPSA) is 75.0 Å². The first-order valence-corrected chi connectivity index (χ1v) is 9.08. The number of carbonyl (C=O) groups is 1. The van der Waals surface area contributed by atoms with Crippen LogP contribution < -0.4 is 14.9 Å². The van der Waals surface area contributed by atoms with Gasteiger partial charge >= 0.3 is 5.97 Å². The minimum atomic E-state index is -0.446. The van der Waals surface area contributed by atoms with Crippen LogP contribution in [0, 0.1) is 6.92 Å². The van der Waals surface area contributed by atoms with Gasteiger partial charge in [-0.1, -0.05) is 19.1 Å². The minimum Gasteiger partial charge on any atom is -0.482 e. The lowest BCUT2D eigenvalue weighted by molar-refractivity contribution is -0.150. The van der Waals surface area contributed by atoms with Crippen LogP contribution in [0.3, 0.4) is 0 Å². The molecular formula is C22H22O6. The number of hydrogen-bond acceptors (Lipinski definition) is 6. The first kappa shape index (κ1) is 19.5. The van der Waals surface area contributed by atoms with Crippen LogP contribution in [0.25, 0.3) is 11.0 Å². The van der Waals surface area contributed by atoms with E-state index in [1.54, 1.807) is 24.3 Å². The zero-order chi connectivity index (χ0) is 20.1. The van der Waals surface area contributed by atoms with Crippen molar-refractivity contribution < 1.29 is 23.4 Å². The molecule has 6 nitrogen and oxygen atoms in total. The molecule has 1 atom stereocenters. The molecule has 0 aliphatic carbocycles. The molecule has 6 heteroatoms. The Bertz CT molecular complexity index is 1040. The number of benzene rings is 2. The molecule has 3 aromatic rings. The molecule has 0 amide bonds. The Morgan fingerprint density at radius 2 is 1.96 bits per heavy atom. The molecule has 1 aromatic heterocycles. The summed E-state index contributed by atoms with van der Waals surface area (Å²) in [6.45, 7) is 5.48. The van der Waals surface area contributed by atoms with Crippen molar-refractivity contribution in [2.75, 3.05) is 6.61 Å². The highest BCUT2D eigenvalue weighted by atomic mass is 16.6. The molecule has 0 bridgehead atoms. The van der Waals surface area contributed by atoms with Crippen LogP contribution in [-0.4, -0.2) is 18.7 Å². The van der Waals surface area contributed by atoms with Gasteiger partial charge in [-0.05, 0) is 50.1 Å². The molecule has 0 radical (unpaired) electrons. The van der Waals surface area contributed by atoms with Gasteiger partial charge in [-0.2, -0.15) is 0 Å². The van der Waals surface area contributed by atoms with Gasteiger partial charge in [0.1, 0.15) is 23.3 Å². The molecule has 0 fully saturated rings. The fourth-order valence-electron chi connectivity index (χ4n) is 2.54. The predicted octanol–water partition coefficient (Wildman–Crippen LogP) is 4.61. The standard InChI is InChI=1S/C22H22O6/c1-4-15(3)27-21(23)13-25-16-8-9-18-19(11-16)26-12-20(22(18)24)28-17-7-5-6-14(2)10-17/h5-12,15H,4,13H2,1-3H3/t15-/m0/s1. The zero-order valence-corrected chi connectivity index (χ0v) is 16.1. The molecular weight excluding hydrogens is 360 g/mol. The van der Waals surface area contributed by atoms with Crippen molar-refractivity contribution in [1.82, 2.24) is 0 Å². The molecule has 0 saturated heterocycles. The van der Waals surface area contributed by atoms with E-state index >= 15 is 0 Å². The monoisotopic (exact) mass is 382 g/mol. The van der Waals surface area contributed by atoms with Gasteiger partial charge in [0, 0.05) is 6.07 Å². The quantitative estimate of drug-likeness (QED) is 0.555. The summed E-state index contributed by atoms with van der Waals surface area (Å²) in [6, 6.07) is 12.1. The second-order valence-electron chi connectivity index (χ2n) is 6.50. The average Bonchev–Trinajstić information content (AvgIpc) is 2.68. The summed E-state index contributed by atoms with van der Waals surface area (Å²) >= 11 is 0. The lowest BCUT2D eigenvalue weighted by Gasteiger charge is -2.11. The van der Waals surface area contributed by atoms with Gasteiger partial charge in [0.2, 0.25) is 11.2 Å². The maximum absolute atomic E-state index is 12.6. The number of fused-ring (bicyclic) bond motifs is 1. The Hall–Kier alpha value is -3.28. The fraction of sp³-hybridized carbons (Fsp3) is 0.273. The van der Waals surface area contributed by atoms with E-state index in [-0.39, 0.29) is 23.9 Å². The summed E-state index contributed by atoms with van der Waals surface area (Å²) in [5, 5.41) is 0.361. The third kappa shape index (κ3) is 4.71. The Kier molecular flexibility index (Phi) is 5.99. The molecule has 3 rings (SSSR count). The van der Waals surface area contributed by atoms with Crippen LogP contribution in [0.2, 0.25) is 0 Å². The molecule has 0 unspecified atom stereocenters. The van der Waals surface area contributed by atoms with Gasteiger partial charge < -0.3 is 18.6 Å². The van der Waals surface area contributed by atoms with E-state index in [1.807, 2.05) is 39.0 Å². The average molecular weight is 382 g/mol. The Morgan fingerprint density at radius 1 is 1.14 bits per heavy atom. The molecule has 0 saturated carbocycles. The Balaban J connectivity index is 1.75. The van der Waals surface area contributed by atoms with Crippen molar-refractivity contribution in [3.8, 4) is 17.2 Å². The first-order chi connectivity index (χ1) is 13.5. The van der Waals surface area contributed by atoms with Crippen molar-refractivity contribution in [1.29, 1.82) is 0 Å². The van der Waals surface area contributed by atoms with E-state index < -0.39 is 5.97 Å². The maximum atomic E-state index is 12.6. The fourth-order valence-corrected chi connectivity index (χ4v) is 2.54. The van der Waals surface area contributed by atoms with Crippen molar-refractivity contribution in [2.45, 2.75) is 33.3 Å². The summed E-state index contributed by atoms with van der Waals surface area (Å²) in [5.74, 6) is 0.622. The summed E-state index contributed by atoms with van der Waals surface area (Å²) in [6.07, 6.45) is 1.85. The maximum Gasteiger partial charge on any atom is 0.344 e. The third-order valence-electron chi connectivity index (χ3n) is 4.20. The van der Waals surface area contributed by atoms with Crippen molar-refractivity contribution in [3.63, 3.8) is 0 Å². The summed E-state index contributed by atoms with van der Waals surface area (Å²) < 4.78 is 21.8. The second kappa shape index (κ2) is 8.61. The number of hydrogen-bond donors (Lipinski definition) is 0. The van der Waals surface area contributed by atoms with Gasteiger partial charge in [-0.15, -0.1) is 0 Å². The first-order valence-electron chi connectivity index (χ1n) is 9.08. The van der Waals surface area contributed by atoms with Crippen LogP contribution in [0.15, 0.2) is 57.9 Å². The van der Waals surface area contributed by atoms with E-state index in [1.165, 1.54) is 6.26 Å². The van der Waals surface area contributed by atoms with Crippen LogP contribution in [0.1, 0.15) is 25.8 Å². The minimum absolute atomic E-state index is 0.101.